The fraction of sp³-hybridized carbons (Fsp3) is 0.435. The molecule has 1 aromatic heterocycles. The van der Waals surface area contributed by atoms with Crippen molar-refractivity contribution in [2.75, 3.05) is 13.1 Å². The van der Waals surface area contributed by atoms with Gasteiger partial charge in [0.05, 0.1) is 11.7 Å². The van der Waals surface area contributed by atoms with Crippen molar-refractivity contribution in [1.82, 2.24) is 9.47 Å². The Morgan fingerprint density at radius 3 is 2.27 bits per heavy atom. The molecular formula is C23H26F3N3O4. The van der Waals surface area contributed by atoms with Gasteiger partial charge in [0, 0.05) is 36.6 Å². The van der Waals surface area contributed by atoms with Gasteiger partial charge in [0.25, 0.3) is 5.56 Å². The zero-order valence-corrected chi connectivity index (χ0v) is 19.1. The van der Waals surface area contributed by atoms with Crippen molar-refractivity contribution in [3.05, 3.63) is 46.4 Å². The zero-order chi connectivity index (χ0) is 24.6. The number of hydrogen-bond donors (Lipinski definition) is 0. The molecule has 0 saturated carbocycles. The van der Waals surface area contributed by atoms with Crippen LogP contribution >= 0.6 is 0 Å². The van der Waals surface area contributed by atoms with Gasteiger partial charge < -0.3 is 18.9 Å². The number of aliphatic imine (C=N–C) groups is 1. The molecule has 3 rings (SSSR count). The number of likely N-dealkylation sites (tertiary alicyclic amines) is 1. The summed E-state index contributed by atoms with van der Waals surface area (Å²) in [6.45, 7) is 9.31. The Kier molecular flexibility index (Phi) is 6.58. The lowest BCUT2D eigenvalue weighted by atomic mass is 10.0. The van der Waals surface area contributed by atoms with Crippen LogP contribution in [0.2, 0.25) is 0 Å². The standard InChI is InChI=1S/C23H26F3N3O4/c1-6-27-19-14(2)20(30)29(16-11-28(12-16)21(31)33-22(3,4)5)13-18(19)15-7-9-17(10-8-15)32-23(24,25)26/h6-10,13,16H,11-12H2,1-5H3/b27-6-. The summed E-state index contributed by atoms with van der Waals surface area (Å²) in [7, 11) is 0. The second-order valence-corrected chi connectivity index (χ2v) is 8.73. The first kappa shape index (κ1) is 24.3. The third-order valence-electron chi connectivity index (χ3n) is 5.00. The van der Waals surface area contributed by atoms with Crippen molar-refractivity contribution in [1.29, 1.82) is 0 Å². The molecule has 10 heteroatoms. The number of carbonyl (C=O) groups is 1. The summed E-state index contributed by atoms with van der Waals surface area (Å²) in [5, 5.41) is 0. The Balaban J connectivity index is 1.92. The lowest BCUT2D eigenvalue weighted by Gasteiger charge is -2.40. The van der Waals surface area contributed by atoms with Crippen LogP contribution in [-0.4, -0.2) is 46.8 Å². The number of hydrogen-bond acceptors (Lipinski definition) is 5. The van der Waals surface area contributed by atoms with Crippen molar-refractivity contribution in [2.45, 2.75) is 52.6 Å². The maximum absolute atomic E-state index is 13.0. The molecule has 1 fully saturated rings. The minimum atomic E-state index is -4.78. The van der Waals surface area contributed by atoms with Crippen LogP contribution in [-0.2, 0) is 4.74 Å². The lowest BCUT2D eigenvalue weighted by Crippen LogP contribution is -2.54. The molecule has 1 saturated heterocycles. The second kappa shape index (κ2) is 8.92. The van der Waals surface area contributed by atoms with Gasteiger partial charge in [0.15, 0.2) is 0 Å². The molecule has 0 spiro atoms. The highest BCUT2D eigenvalue weighted by Gasteiger charge is 2.36. The number of halogens is 3. The van der Waals surface area contributed by atoms with Crippen LogP contribution in [0.25, 0.3) is 11.1 Å². The average Bonchev–Trinajstić information content (AvgIpc) is 2.64. The van der Waals surface area contributed by atoms with E-state index in [1.54, 1.807) is 51.6 Å². The topological polar surface area (TPSA) is 73.1 Å². The first-order valence-electron chi connectivity index (χ1n) is 10.4. The van der Waals surface area contributed by atoms with E-state index in [0.717, 1.165) is 0 Å². The first-order valence-corrected chi connectivity index (χ1v) is 10.4. The molecule has 7 nitrogen and oxygen atoms in total. The van der Waals surface area contributed by atoms with Crippen LogP contribution in [0.3, 0.4) is 0 Å². The normalized spacial score (nSPS) is 15.0. The maximum Gasteiger partial charge on any atom is 0.573 e. The van der Waals surface area contributed by atoms with Gasteiger partial charge in [-0.2, -0.15) is 0 Å². The minimum Gasteiger partial charge on any atom is -0.444 e. The summed E-state index contributed by atoms with van der Waals surface area (Å²) in [5.41, 5.74) is 1.13. The van der Waals surface area contributed by atoms with Crippen LogP contribution in [0.1, 0.15) is 39.3 Å². The highest BCUT2D eigenvalue weighted by molar-refractivity contribution is 5.80. The van der Waals surface area contributed by atoms with E-state index in [2.05, 4.69) is 9.73 Å². The largest absolute Gasteiger partial charge is 0.573 e. The Hall–Kier alpha value is -3.30. The maximum atomic E-state index is 13.0. The van der Waals surface area contributed by atoms with E-state index in [0.29, 0.717) is 35.5 Å². The fourth-order valence-corrected chi connectivity index (χ4v) is 3.48. The van der Waals surface area contributed by atoms with Crippen molar-refractivity contribution >= 4 is 18.0 Å². The number of benzene rings is 1. The van der Waals surface area contributed by atoms with Crippen molar-refractivity contribution in [3.63, 3.8) is 0 Å². The molecule has 2 aromatic rings. The molecule has 0 N–H and O–H groups in total. The smallest absolute Gasteiger partial charge is 0.444 e. The second-order valence-electron chi connectivity index (χ2n) is 8.73. The van der Waals surface area contributed by atoms with Crippen molar-refractivity contribution < 1.29 is 27.4 Å². The summed E-state index contributed by atoms with van der Waals surface area (Å²) in [5.74, 6) is -0.344. The number of ether oxygens (including phenoxy) is 2. The molecule has 0 unspecified atom stereocenters. The summed E-state index contributed by atoms with van der Waals surface area (Å²) < 4.78 is 48.3. The van der Waals surface area contributed by atoms with Gasteiger partial charge in [0.1, 0.15) is 11.4 Å². The summed E-state index contributed by atoms with van der Waals surface area (Å²) in [4.78, 5) is 31.1. The van der Waals surface area contributed by atoms with Gasteiger partial charge in [-0.25, -0.2) is 4.79 Å². The van der Waals surface area contributed by atoms with Crippen LogP contribution < -0.4 is 10.3 Å². The molecule has 33 heavy (non-hydrogen) atoms. The number of nitrogens with zero attached hydrogens (tertiary/aromatic N) is 3. The summed E-state index contributed by atoms with van der Waals surface area (Å²) in [6.07, 6.45) is -2.05. The predicted molar refractivity (Wildman–Crippen MR) is 118 cm³/mol. The molecule has 1 aromatic carbocycles. The van der Waals surface area contributed by atoms with Gasteiger partial charge >= 0.3 is 12.5 Å². The third-order valence-corrected chi connectivity index (χ3v) is 5.00. The number of pyridine rings is 1. The predicted octanol–water partition coefficient (Wildman–Crippen LogP) is 5.24. The molecule has 0 aliphatic carbocycles. The van der Waals surface area contributed by atoms with Gasteiger partial charge in [-0.1, -0.05) is 12.1 Å². The molecule has 1 aliphatic rings. The van der Waals surface area contributed by atoms with Crippen LogP contribution in [0.4, 0.5) is 23.7 Å². The van der Waals surface area contributed by atoms with Crippen LogP contribution in [0.5, 0.6) is 5.75 Å². The van der Waals surface area contributed by atoms with Crippen molar-refractivity contribution in [2.24, 2.45) is 4.99 Å². The summed E-state index contributed by atoms with van der Waals surface area (Å²) in [6, 6.07) is 5.12. The number of alkyl halides is 3. The van der Waals surface area contributed by atoms with E-state index in [9.17, 15) is 22.8 Å². The van der Waals surface area contributed by atoms with Gasteiger partial charge in [0.2, 0.25) is 0 Å². The fourth-order valence-electron chi connectivity index (χ4n) is 3.48. The molecule has 178 valence electrons. The lowest BCUT2D eigenvalue weighted by molar-refractivity contribution is -0.274. The molecule has 0 atom stereocenters. The number of amides is 1. The van der Waals surface area contributed by atoms with Crippen molar-refractivity contribution in [3.8, 4) is 16.9 Å². The van der Waals surface area contributed by atoms with Gasteiger partial charge in [-0.05, 0) is 52.3 Å². The summed E-state index contributed by atoms with van der Waals surface area (Å²) >= 11 is 0. The Morgan fingerprint density at radius 2 is 1.76 bits per heavy atom. The molecule has 2 heterocycles. The van der Waals surface area contributed by atoms with Crippen LogP contribution in [0, 0.1) is 6.92 Å². The number of rotatable bonds is 4. The first-order chi connectivity index (χ1) is 15.3. The average molecular weight is 465 g/mol. The third kappa shape index (κ3) is 5.74. The van der Waals surface area contributed by atoms with E-state index in [4.69, 9.17) is 4.74 Å². The molecule has 1 aliphatic heterocycles. The van der Waals surface area contributed by atoms with Gasteiger partial charge in [-0.3, -0.25) is 9.79 Å². The van der Waals surface area contributed by atoms with E-state index >= 15 is 0 Å². The van der Waals surface area contributed by atoms with E-state index < -0.39 is 18.1 Å². The Labute approximate surface area is 189 Å². The molecule has 0 radical (unpaired) electrons. The van der Waals surface area contributed by atoms with Gasteiger partial charge in [-0.15, -0.1) is 13.2 Å². The van der Waals surface area contributed by atoms with Crippen LogP contribution in [0.15, 0.2) is 40.2 Å². The highest BCUT2D eigenvalue weighted by Crippen LogP contribution is 2.35. The Morgan fingerprint density at radius 1 is 1.15 bits per heavy atom. The Bertz CT molecular complexity index is 1110. The molecule has 0 bridgehead atoms. The van der Waals surface area contributed by atoms with E-state index in [1.807, 2.05) is 0 Å². The van der Waals surface area contributed by atoms with E-state index in [1.165, 1.54) is 29.2 Å². The molecular weight excluding hydrogens is 439 g/mol. The zero-order valence-electron chi connectivity index (χ0n) is 19.1. The molecule has 1 amide bonds. The number of aromatic nitrogens is 1. The minimum absolute atomic E-state index is 0.245. The monoisotopic (exact) mass is 465 g/mol. The highest BCUT2D eigenvalue weighted by atomic mass is 19.4. The quantitative estimate of drug-likeness (QED) is 0.579. The van der Waals surface area contributed by atoms with E-state index in [-0.39, 0.29) is 17.4 Å². The number of carbonyl (C=O) groups excluding carboxylic acids is 1. The SMILES string of the molecule is C/C=N\c1c(-c2ccc(OC(F)(F)F)cc2)cn(C2CN(C(=O)OC(C)(C)C)C2)c(=O)c1C.